The predicted molar refractivity (Wildman–Crippen MR) is 51.2 cm³/mol. The Morgan fingerprint density at radius 3 is 2.27 bits per heavy atom. The van der Waals surface area contributed by atoms with E-state index in [1.807, 2.05) is 13.8 Å². The van der Waals surface area contributed by atoms with E-state index >= 15 is 0 Å². The molecule has 2 nitrogen and oxygen atoms in total. The summed E-state index contributed by atoms with van der Waals surface area (Å²) in [5.74, 6) is 0.385. The second-order valence-electron chi connectivity index (χ2n) is 2.29. The topological polar surface area (TPSA) is 48.6 Å². The fraction of sp³-hybridized carbons (Fsp3) is 0.875. The van der Waals surface area contributed by atoms with Crippen LogP contribution in [-0.2, 0) is 4.79 Å². The second kappa shape index (κ2) is 8.08. The number of rotatable bonds is 0. The maximum absolute atomic E-state index is 10.6. The third-order valence-corrected chi connectivity index (χ3v) is 1.90. The highest BCUT2D eigenvalue weighted by Crippen LogP contribution is 2.18. The summed E-state index contributed by atoms with van der Waals surface area (Å²) in [5.41, 5.74) is 0. The van der Waals surface area contributed by atoms with E-state index in [4.69, 9.17) is 0 Å². The summed E-state index contributed by atoms with van der Waals surface area (Å²) in [6.45, 7) is 4.00. The van der Waals surface area contributed by atoms with Crippen molar-refractivity contribution in [3.63, 3.8) is 0 Å². The van der Waals surface area contributed by atoms with Crippen molar-refractivity contribution in [3.8, 4) is 0 Å². The number of hydrogen-bond donors (Lipinski definition) is 1. The molecule has 1 aliphatic carbocycles. The number of ketones is 1. The van der Waals surface area contributed by atoms with Crippen LogP contribution < -0.4 is 0 Å². The van der Waals surface area contributed by atoms with Crippen LogP contribution >= 0.6 is 12.6 Å². The molecule has 0 aromatic heterocycles. The molecule has 68 valence electrons. The van der Waals surface area contributed by atoms with Gasteiger partial charge in [-0.3, -0.25) is 4.79 Å². The molecule has 0 heterocycles. The molecule has 1 fully saturated rings. The van der Waals surface area contributed by atoms with Crippen molar-refractivity contribution < 1.29 is 10.3 Å². The standard InChI is InChI=1S/C6H10OS.C2H6.H2O/c7-5-2-1-3-6(8)4-5;1-2;/h6,8H,1-4H2;1-2H3;1H2/t6-;;/m1../s1. The molecule has 0 aromatic carbocycles. The van der Waals surface area contributed by atoms with Gasteiger partial charge in [-0.05, 0) is 12.8 Å². The molecule has 2 N–H and O–H groups in total. The zero-order chi connectivity index (χ0) is 7.98. The molecule has 0 saturated heterocycles. The van der Waals surface area contributed by atoms with Crippen molar-refractivity contribution in [2.75, 3.05) is 0 Å². The van der Waals surface area contributed by atoms with Gasteiger partial charge in [0.15, 0.2) is 0 Å². The summed E-state index contributed by atoms with van der Waals surface area (Å²) >= 11 is 4.20. The Morgan fingerprint density at radius 2 is 2.00 bits per heavy atom. The molecule has 0 aliphatic heterocycles. The van der Waals surface area contributed by atoms with Crippen molar-refractivity contribution in [3.05, 3.63) is 0 Å². The Labute approximate surface area is 74.1 Å². The molecule has 0 radical (unpaired) electrons. The van der Waals surface area contributed by atoms with Gasteiger partial charge in [0.25, 0.3) is 0 Å². The fourth-order valence-electron chi connectivity index (χ4n) is 1.00. The van der Waals surface area contributed by atoms with E-state index in [1.165, 1.54) is 0 Å². The largest absolute Gasteiger partial charge is 0.412 e. The highest BCUT2D eigenvalue weighted by Gasteiger charge is 2.14. The van der Waals surface area contributed by atoms with Gasteiger partial charge in [0.2, 0.25) is 0 Å². The summed E-state index contributed by atoms with van der Waals surface area (Å²) in [6, 6.07) is 0. The SMILES string of the molecule is CC.O.O=C1CCC[C@@H](S)C1. The monoisotopic (exact) mass is 178 g/mol. The van der Waals surface area contributed by atoms with E-state index in [-0.39, 0.29) is 5.48 Å². The van der Waals surface area contributed by atoms with E-state index in [9.17, 15) is 4.79 Å². The minimum Gasteiger partial charge on any atom is -0.412 e. The molecule has 1 saturated carbocycles. The van der Waals surface area contributed by atoms with Crippen LogP contribution in [-0.4, -0.2) is 16.5 Å². The quantitative estimate of drug-likeness (QED) is 0.563. The number of Topliss-reactive ketones (excluding diaryl/α,β-unsaturated/α-hetero) is 1. The van der Waals surface area contributed by atoms with Gasteiger partial charge in [-0.1, -0.05) is 13.8 Å². The number of carbonyl (C=O) groups is 1. The summed E-state index contributed by atoms with van der Waals surface area (Å²) in [5, 5.41) is 0.358. The molecule has 0 amide bonds. The molecule has 0 bridgehead atoms. The van der Waals surface area contributed by atoms with Crippen LogP contribution in [0.25, 0.3) is 0 Å². The van der Waals surface area contributed by atoms with Crippen LogP contribution in [0.1, 0.15) is 39.5 Å². The lowest BCUT2D eigenvalue weighted by Crippen LogP contribution is -2.14. The first kappa shape index (κ1) is 13.6. The van der Waals surface area contributed by atoms with Crippen LogP contribution in [0.3, 0.4) is 0 Å². The Hall–Kier alpha value is -0.0200. The Balaban J connectivity index is 0. The molecule has 0 unspecified atom stereocenters. The van der Waals surface area contributed by atoms with Gasteiger partial charge >= 0.3 is 0 Å². The van der Waals surface area contributed by atoms with Gasteiger partial charge in [0.05, 0.1) is 0 Å². The van der Waals surface area contributed by atoms with Crippen LogP contribution in [0.15, 0.2) is 0 Å². The average Bonchev–Trinajstić information content (AvgIpc) is 1.91. The van der Waals surface area contributed by atoms with E-state index in [0.29, 0.717) is 17.5 Å². The van der Waals surface area contributed by atoms with Gasteiger partial charge in [-0.2, -0.15) is 12.6 Å². The van der Waals surface area contributed by atoms with Crippen LogP contribution in [0.4, 0.5) is 0 Å². The number of hydrogen-bond acceptors (Lipinski definition) is 2. The first-order valence-electron chi connectivity index (χ1n) is 3.99. The normalized spacial score (nSPS) is 22.8. The van der Waals surface area contributed by atoms with Crippen LogP contribution in [0, 0.1) is 0 Å². The molecule has 1 aliphatic rings. The van der Waals surface area contributed by atoms with E-state index in [1.54, 1.807) is 0 Å². The maximum Gasteiger partial charge on any atom is 0.134 e. The predicted octanol–water partition coefficient (Wildman–Crippen LogP) is 1.63. The Morgan fingerprint density at radius 1 is 1.45 bits per heavy atom. The van der Waals surface area contributed by atoms with Gasteiger partial charge in [0, 0.05) is 18.1 Å². The summed E-state index contributed by atoms with van der Waals surface area (Å²) < 4.78 is 0. The van der Waals surface area contributed by atoms with Crippen molar-refractivity contribution in [2.45, 2.75) is 44.8 Å². The lowest BCUT2D eigenvalue weighted by Gasteiger charge is -2.13. The molecule has 0 aromatic rings. The third-order valence-electron chi connectivity index (χ3n) is 1.46. The minimum atomic E-state index is 0. The van der Waals surface area contributed by atoms with Crippen molar-refractivity contribution in [2.24, 2.45) is 0 Å². The third kappa shape index (κ3) is 6.38. The molecular weight excluding hydrogens is 160 g/mol. The number of thiol groups is 1. The fourth-order valence-corrected chi connectivity index (χ4v) is 1.39. The molecular formula is C8H18O2S. The maximum atomic E-state index is 10.6. The highest BCUT2D eigenvalue weighted by atomic mass is 32.1. The average molecular weight is 178 g/mol. The van der Waals surface area contributed by atoms with Gasteiger partial charge in [0.1, 0.15) is 5.78 Å². The van der Waals surface area contributed by atoms with Crippen molar-refractivity contribution in [1.82, 2.24) is 0 Å². The molecule has 1 rings (SSSR count). The van der Waals surface area contributed by atoms with E-state index in [2.05, 4.69) is 12.6 Å². The van der Waals surface area contributed by atoms with Crippen LogP contribution in [0.5, 0.6) is 0 Å². The first-order chi connectivity index (χ1) is 4.79. The molecule has 11 heavy (non-hydrogen) atoms. The van der Waals surface area contributed by atoms with E-state index in [0.717, 1.165) is 19.3 Å². The van der Waals surface area contributed by atoms with E-state index < -0.39 is 0 Å². The van der Waals surface area contributed by atoms with Gasteiger partial charge in [-0.25, -0.2) is 0 Å². The Kier molecular flexibility index (Phi) is 9.96. The lowest BCUT2D eigenvalue weighted by atomic mass is 9.99. The summed E-state index contributed by atoms with van der Waals surface area (Å²) in [4.78, 5) is 10.6. The second-order valence-corrected chi connectivity index (χ2v) is 3.02. The zero-order valence-corrected chi connectivity index (χ0v) is 8.16. The molecule has 3 heteroatoms. The summed E-state index contributed by atoms with van der Waals surface area (Å²) in [7, 11) is 0. The molecule has 0 spiro atoms. The van der Waals surface area contributed by atoms with Gasteiger partial charge < -0.3 is 5.48 Å². The minimum absolute atomic E-state index is 0. The summed E-state index contributed by atoms with van der Waals surface area (Å²) in [6.07, 6.45) is 3.65. The smallest absolute Gasteiger partial charge is 0.134 e. The zero-order valence-electron chi connectivity index (χ0n) is 7.26. The van der Waals surface area contributed by atoms with Crippen molar-refractivity contribution >= 4 is 18.4 Å². The lowest BCUT2D eigenvalue weighted by molar-refractivity contribution is -0.120. The molecule has 1 atom stereocenters. The highest BCUT2D eigenvalue weighted by molar-refractivity contribution is 7.81. The first-order valence-corrected chi connectivity index (χ1v) is 4.50. The number of carbonyl (C=O) groups excluding carboxylic acids is 1. The van der Waals surface area contributed by atoms with Gasteiger partial charge in [-0.15, -0.1) is 0 Å². The van der Waals surface area contributed by atoms with Crippen LogP contribution in [0.2, 0.25) is 0 Å². The Bertz CT molecular complexity index is 104. The van der Waals surface area contributed by atoms with Crippen molar-refractivity contribution in [1.29, 1.82) is 0 Å².